The Bertz CT molecular complexity index is 419. The van der Waals surface area contributed by atoms with Crippen LogP contribution in [-0.2, 0) is 4.74 Å². The van der Waals surface area contributed by atoms with Crippen molar-refractivity contribution >= 4 is 0 Å². The van der Waals surface area contributed by atoms with E-state index in [1.54, 1.807) is 0 Å². The van der Waals surface area contributed by atoms with Crippen LogP contribution in [0, 0.1) is 17.8 Å². The number of rotatable bonds is 5. The van der Waals surface area contributed by atoms with E-state index in [0.29, 0.717) is 0 Å². The summed E-state index contributed by atoms with van der Waals surface area (Å²) in [6.45, 7) is 5.24. The maximum absolute atomic E-state index is 6.19. The molecule has 1 spiro atoms. The number of allylic oxidation sites excluding steroid dienone is 4. The van der Waals surface area contributed by atoms with E-state index in [9.17, 15) is 0 Å². The van der Waals surface area contributed by atoms with Gasteiger partial charge in [-0.1, -0.05) is 24.1 Å². The summed E-state index contributed by atoms with van der Waals surface area (Å²) in [6.07, 6.45) is 15.7. The molecule has 2 saturated heterocycles. The third kappa shape index (κ3) is 5.34. The third-order valence-electron chi connectivity index (χ3n) is 4.74. The van der Waals surface area contributed by atoms with Crippen molar-refractivity contribution in [2.24, 2.45) is 5.92 Å². The molecule has 0 aromatic heterocycles. The second-order valence-corrected chi connectivity index (χ2v) is 6.48. The molecule has 0 aliphatic carbocycles. The highest BCUT2D eigenvalue weighted by atomic mass is 16.5. The van der Waals surface area contributed by atoms with Gasteiger partial charge in [0.1, 0.15) is 0 Å². The first-order chi connectivity index (χ1) is 10.2. The maximum Gasteiger partial charge on any atom is 0.0710 e. The molecule has 116 valence electrons. The Balaban J connectivity index is 1.61. The first-order valence-electron chi connectivity index (χ1n) is 8.30. The van der Waals surface area contributed by atoms with E-state index >= 15 is 0 Å². The van der Waals surface area contributed by atoms with Crippen molar-refractivity contribution in [2.45, 2.75) is 51.0 Å². The van der Waals surface area contributed by atoms with Gasteiger partial charge in [-0.15, -0.1) is 5.92 Å². The molecule has 2 heteroatoms. The largest absolute Gasteiger partial charge is 0.375 e. The van der Waals surface area contributed by atoms with Crippen molar-refractivity contribution in [1.29, 1.82) is 0 Å². The minimum absolute atomic E-state index is 0.231. The fraction of sp³-hybridized carbons (Fsp3) is 0.684. The molecule has 0 aromatic carbocycles. The summed E-state index contributed by atoms with van der Waals surface area (Å²) < 4.78 is 6.19. The number of piperidine rings is 1. The van der Waals surface area contributed by atoms with Crippen LogP contribution < -0.4 is 0 Å². The van der Waals surface area contributed by atoms with Gasteiger partial charge in [0.05, 0.1) is 12.2 Å². The lowest BCUT2D eigenvalue weighted by Crippen LogP contribution is -2.42. The molecule has 2 heterocycles. The molecule has 0 amide bonds. The molecule has 21 heavy (non-hydrogen) atoms. The van der Waals surface area contributed by atoms with Crippen molar-refractivity contribution in [3.8, 4) is 11.8 Å². The van der Waals surface area contributed by atoms with Crippen molar-refractivity contribution in [2.75, 3.05) is 26.7 Å². The zero-order valence-electron chi connectivity index (χ0n) is 13.6. The number of nitrogens with zero attached hydrogens (tertiary/aromatic N) is 1. The van der Waals surface area contributed by atoms with Crippen LogP contribution in [0.3, 0.4) is 0 Å². The second-order valence-electron chi connectivity index (χ2n) is 6.48. The average Bonchev–Trinajstić information content (AvgIpc) is 2.89. The summed E-state index contributed by atoms with van der Waals surface area (Å²) in [5, 5.41) is 0. The Kier molecular flexibility index (Phi) is 6.54. The Morgan fingerprint density at radius 3 is 2.86 bits per heavy atom. The standard InChI is InChI=1S/C19H29NO/c1-3-4-5-6-7-8-9-10-11-18-16-19(21-17-18)12-14-20(2)15-13-19/h5-8,18H,9-17H2,1-2H3/b6-5-,8-7-. The lowest BCUT2D eigenvalue weighted by atomic mass is 9.84. The summed E-state index contributed by atoms with van der Waals surface area (Å²) in [6, 6.07) is 0. The van der Waals surface area contributed by atoms with Gasteiger partial charge in [-0.05, 0) is 64.5 Å². The van der Waals surface area contributed by atoms with Gasteiger partial charge < -0.3 is 9.64 Å². The highest BCUT2D eigenvalue weighted by Crippen LogP contribution is 2.39. The SMILES string of the molecule is CC#C/C=C\C=C/CCCC1COC2(CCN(C)CC2)C1. The summed E-state index contributed by atoms with van der Waals surface area (Å²) >= 11 is 0. The molecule has 1 atom stereocenters. The lowest BCUT2D eigenvalue weighted by Gasteiger charge is -2.37. The highest BCUT2D eigenvalue weighted by Gasteiger charge is 2.41. The van der Waals surface area contributed by atoms with Crippen LogP contribution >= 0.6 is 0 Å². The highest BCUT2D eigenvalue weighted by molar-refractivity contribution is 5.18. The van der Waals surface area contributed by atoms with Gasteiger partial charge in [-0.25, -0.2) is 0 Å². The van der Waals surface area contributed by atoms with Gasteiger partial charge in [0.2, 0.25) is 0 Å². The maximum atomic E-state index is 6.19. The van der Waals surface area contributed by atoms with E-state index in [1.165, 1.54) is 45.2 Å². The van der Waals surface area contributed by atoms with E-state index in [4.69, 9.17) is 4.74 Å². The molecule has 2 aliphatic rings. The molecule has 2 rings (SSSR count). The Morgan fingerprint density at radius 1 is 1.29 bits per heavy atom. The van der Waals surface area contributed by atoms with Gasteiger partial charge in [-0.2, -0.15) is 0 Å². The molecule has 1 unspecified atom stereocenters. The normalized spacial score (nSPS) is 25.7. The quantitative estimate of drug-likeness (QED) is 0.433. The van der Waals surface area contributed by atoms with Crippen molar-refractivity contribution in [3.05, 3.63) is 24.3 Å². The van der Waals surface area contributed by atoms with Crippen LogP contribution in [0.15, 0.2) is 24.3 Å². The predicted molar refractivity (Wildman–Crippen MR) is 89.1 cm³/mol. The second kappa shape index (κ2) is 8.41. The minimum atomic E-state index is 0.231. The molecule has 2 fully saturated rings. The summed E-state index contributed by atoms with van der Waals surface area (Å²) in [4.78, 5) is 2.42. The number of unbranched alkanes of at least 4 members (excludes halogenated alkanes) is 1. The molecule has 2 aliphatic heterocycles. The molecule has 0 N–H and O–H groups in total. The fourth-order valence-electron chi connectivity index (χ4n) is 3.38. The lowest BCUT2D eigenvalue weighted by molar-refractivity contribution is -0.0394. The molecular weight excluding hydrogens is 258 g/mol. The van der Waals surface area contributed by atoms with E-state index in [-0.39, 0.29) is 5.60 Å². The van der Waals surface area contributed by atoms with E-state index in [0.717, 1.165) is 18.9 Å². The zero-order valence-corrected chi connectivity index (χ0v) is 13.6. The third-order valence-corrected chi connectivity index (χ3v) is 4.74. The van der Waals surface area contributed by atoms with Crippen LogP contribution in [0.1, 0.15) is 45.4 Å². The summed E-state index contributed by atoms with van der Waals surface area (Å²) in [5.74, 6) is 6.55. The molecular formula is C19H29NO. The fourth-order valence-corrected chi connectivity index (χ4v) is 3.38. The van der Waals surface area contributed by atoms with E-state index < -0.39 is 0 Å². The zero-order chi connectivity index (χ0) is 15.0. The van der Waals surface area contributed by atoms with Gasteiger partial charge in [-0.3, -0.25) is 0 Å². The Hall–Kier alpha value is -1.04. The van der Waals surface area contributed by atoms with Gasteiger partial charge >= 0.3 is 0 Å². The van der Waals surface area contributed by atoms with Gasteiger partial charge in [0, 0.05) is 13.1 Å². The van der Waals surface area contributed by atoms with Crippen LogP contribution in [0.25, 0.3) is 0 Å². The Morgan fingerprint density at radius 2 is 2.10 bits per heavy atom. The Labute approximate surface area is 130 Å². The molecule has 0 aromatic rings. The first kappa shape index (κ1) is 16.3. The number of ether oxygens (including phenoxy) is 1. The number of hydrogen-bond acceptors (Lipinski definition) is 2. The topological polar surface area (TPSA) is 12.5 Å². The van der Waals surface area contributed by atoms with Gasteiger partial charge in [0.15, 0.2) is 0 Å². The van der Waals surface area contributed by atoms with Crippen LogP contribution in [0.5, 0.6) is 0 Å². The molecule has 0 radical (unpaired) electrons. The minimum Gasteiger partial charge on any atom is -0.375 e. The average molecular weight is 287 g/mol. The number of likely N-dealkylation sites (tertiary alicyclic amines) is 1. The van der Waals surface area contributed by atoms with Crippen molar-refractivity contribution in [3.63, 3.8) is 0 Å². The molecule has 0 saturated carbocycles. The number of hydrogen-bond donors (Lipinski definition) is 0. The van der Waals surface area contributed by atoms with E-state index in [2.05, 4.69) is 35.9 Å². The van der Waals surface area contributed by atoms with Crippen LogP contribution in [-0.4, -0.2) is 37.2 Å². The first-order valence-corrected chi connectivity index (χ1v) is 8.30. The predicted octanol–water partition coefficient (Wildman–Crippen LogP) is 3.79. The van der Waals surface area contributed by atoms with Gasteiger partial charge in [0.25, 0.3) is 0 Å². The van der Waals surface area contributed by atoms with Crippen LogP contribution in [0.2, 0.25) is 0 Å². The summed E-state index contributed by atoms with van der Waals surface area (Å²) in [7, 11) is 2.21. The van der Waals surface area contributed by atoms with Crippen LogP contribution in [0.4, 0.5) is 0 Å². The van der Waals surface area contributed by atoms with Crippen molar-refractivity contribution < 1.29 is 4.74 Å². The monoisotopic (exact) mass is 287 g/mol. The smallest absolute Gasteiger partial charge is 0.0710 e. The summed E-state index contributed by atoms with van der Waals surface area (Å²) in [5.41, 5.74) is 0.231. The molecule has 2 nitrogen and oxygen atoms in total. The van der Waals surface area contributed by atoms with Crippen molar-refractivity contribution in [1.82, 2.24) is 4.90 Å². The van der Waals surface area contributed by atoms with E-state index in [1.807, 2.05) is 19.1 Å². The molecule has 0 bridgehead atoms.